The number of halogens is 3. The zero-order chi connectivity index (χ0) is 15.5. The standard InChI is InChI=1S/C15H20Cl2N2O2.ClH/c1-10(11-4-3-5-12(16)13(11)17)19-14(20)15(21-2)6-8-18-9-7-15;/h3-5,10,18H,6-9H2,1-2H3,(H,19,20);1H. The summed E-state index contributed by atoms with van der Waals surface area (Å²) in [5.41, 5.74) is 0.0441. The zero-order valence-corrected chi connectivity index (χ0v) is 14.9. The highest BCUT2D eigenvalue weighted by molar-refractivity contribution is 6.42. The summed E-state index contributed by atoms with van der Waals surface area (Å²) in [5, 5.41) is 7.18. The molecular weight excluding hydrogens is 347 g/mol. The van der Waals surface area contributed by atoms with Crippen LogP contribution in [0.3, 0.4) is 0 Å². The third-order valence-corrected chi connectivity index (χ3v) is 4.84. The van der Waals surface area contributed by atoms with E-state index in [2.05, 4.69) is 10.6 Å². The van der Waals surface area contributed by atoms with Gasteiger partial charge in [-0.2, -0.15) is 0 Å². The number of piperidine rings is 1. The van der Waals surface area contributed by atoms with E-state index in [0.29, 0.717) is 22.9 Å². The molecule has 2 N–H and O–H groups in total. The lowest BCUT2D eigenvalue weighted by atomic mass is 9.90. The Balaban J connectivity index is 0.00000242. The van der Waals surface area contributed by atoms with Gasteiger partial charge in [-0.05, 0) is 44.5 Å². The molecule has 0 aliphatic carbocycles. The van der Waals surface area contributed by atoms with Crippen LogP contribution in [-0.2, 0) is 9.53 Å². The molecule has 2 rings (SSSR count). The number of rotatable bonds is 4. The lowest BCUT2D eigenvalue weighted by Crippen LogP contribution is -2.54. The first-order chi connectivity index (χ1) is 10.00. The van der Waals surface area contributed by atoms with Crippen LogP contribution in [-0.4, -0.2) is 31.7 Å². The molecule has 0 spiro atoms. The van der Waals surface area contributed by atoms with Crippen molar-refractivity contribution in [1.29, 1.82) is 0 Å². The maximum atomic E-state index is 12.6. The average molecular weight is 368 g/mol. The Morgan fingerprint density at radius 1 is 1.36 bits per heavy atom. The molecule has 1 unspecified atom stereocenters. The van der Waals surface area contributed by atoms with Crippen LogP contribution >= 0.6 is 35.6 Å². The van der Waals surface area contributed by atoms with E-state index in [-0.39, 0.29) is 24.4 Å². The molecule has 124 valence electrons. The molecule has 1 aliphatic heterocycles. The number of hydrogen-bond donors (Lipinski definition) is 2. The van der Waals surface area contributed by atoms with E-state index in [1.807, 2.05) is 19.1 Å². The number of benzene rings is 1. The van der Waals surface area contributed by atoms with Gasteiger partial charge >= 0.3 is 0 Å². The molecule has 1 aromatic rings. The summed E-state index contributed by atoms with van der Waals surface area (Å²) in [6.07, 6.45) is 1.32. The summed E-state index contributed by atoms with van der Waals surface area (Å²) in [6.45, 7) is 3.43. The van der Waals surface area contributed by atoms with Crippen molar-refractivity contribution in [3.8, 4) is 0 Å². The number of ether oxygens (including phenoxy) is 1. The molecule has 4 nitrogen and oxygen atoms in total. The summed E-state index contributed by atoms with van der Waals surface area (Å²) in [4.78, 5) is 12.6. The fourth-order valence-electron chi connectivity index (χ4n) is 2.62. The smallest absolute Gasteiger partial charge is 0.252 e. The molecule has 1 fully saturated rings. The van der Waals surface area contributed by atoms with Crippen LogP contribution in [0, 0.1) is 0 Å². The second-order valence-electron chi connectivity index (χ2n) is 5.29. The van der Waals surface area contributed by atoms with E-state index in [4.69, 9.17) is 27.9 Å². The zero-order valence-electron chi connectivity index (χ0n) is 12.6. The summed E-state index contributed by atoms with van der Waals surface area (Å²) < 4.78 is 5.52. The van der Waals surface area contributed by atoms with E-state index < -0.39 is 5.60 Å². The van der Waals surface area contributed by atoms with Crippen molar-refractivity contribution >= 4 is 41.5 Å². The van der Waals surface area contributed by atoms with Crippen molar-refractivity contribution in [2.75, 3.05) is 20.2 Å². The largest absolute Gasteiger partial charge is 0.368 e. The molecule has 1 heterocycles. The Kier molecular flexibility index (Phi) is 7.42. The van der Waals surface area contributed by atoms with Crippen LogP contribution in [0.1, 0.15) is 31.4 Å². The van der Waals surface area contributed by atoms with Crippen molar-refractivity contribution in [1.82, 2.24) is 10.6 Å². The maximum absolute atomic E-state index is 12.6. The minimum atomic E-state index is -0.759. The monoisotopic (exact) mass is 366 g/mol. The first-order valence-corrected chi connectivity index (χ1v) is 7.76. The summed E-state index contributed by atoms with van der Waals surface area (Å²) >= 11 is 12.2. The van der Waals surface area contributed by atoms with E-state index in [9.17, 15) is 4.79 Å². The molecule has 1 saturated heterocycles. The number of methoxy groups -OCH3 is 1. The van der Waals surface area contributed by atoms with Crippen LogP contribution < -0.4 is 10.6 Å². The topological polar surface area (TPSA) is 50.4 Å². The number of carbonyl (C=O) groups is 1. The molecule has 7 heteroatoms. The van der Waals surface area contributed by atoms with Crippen LogP contribution in [0.25, 0.3) is 0 Å². The number of nitrogens with one attached hydrogen (secondary N) is 2. The Morgan fingerprint density at radius 2 is 2.00 bits per heavy atom. The quantitative estimate of drug-likeness (QED) is 0.858. The summed E-state index contributed by atoms with van der Waals surface area (Å²) in [5.74, 6) is -0.102. The van der Waals surface area contributed by atoms with Gasteiger partial charge < -0.3 is 15.4 Å². The second kappa shape index (κ2) is 8.37. The normalized spacial score (nSPS) is 18.2. The first kappa shape index (κ1) is 19.5. The van der Waals surface area contributed by atoms with Gasteiger partial charge in [-0.1, -0.05) is 35.3 Å². The summed E-state index contributed by atoms with van der Waals surface area (Å²) in [6, 6.07) is 5.18. The number of carbonyl (C=O) groups excluding carboxylic acids is 1. The molecule has 0 bridgehead atoms. The second-order valence-corrected chi connectivity index (χ2v) is 6.07. The van der Waals surface area contributed by atoms with Gasteiger partial charge in [-0.3, -0.25) is 4.79 Å². The minimum absolute atomic E-state index is 0. The first-order valence-electron chi connectivity index (χ1n) is 7.01. The third-order valence-electron chi connectivity index (χ3n) is 4.01. The molecule has 1 amide bonds. The van der Waals surface area contributed by atoms with Gasteiger partial charge in [0, 0.05) is 7.11 Å². The molecule has 1 atom stereocenters. The van der Waals surface area contributed by atoms with Crippen molar-refractivity contribution < 1.29 is 9.53 Å². The third kappa shape index (κ3) is 4.06. The summed E-state index contributed by atoms with van der Waals surface area (Å²) in [7, 11) is 1.59. The predicted molar refractivity (Wildman–Crippen MR) is 92.1 cm³/mol. The molecule has 1 aliphatic rings. The highest BCUT2D eigenvalue weighted by atomic mass is 35.5. The number of amides is 1. The highest BCUT2D eigenvalue weighted by Gasteiger charge is 2.40. The molecule has 22 heavy (non-hydrogen) atoms. The Bertz CT molecular complexity index is 520. The maximum Gasteiger partial charge on any atom is 0.252 e. The van der Waals surface area contributed by atoms with Gasteiger partial charge in [-0.15, -0.1) is 12.4 Å². The fourth-order valence-corrected chi connectivity index (χ4v) is 3.09. The van der Waals surface area contributed by atoms with Crippen LogP contribution in [0.4, 0.5) is 0 Å². The van der Waals surface area contributed by atoms with Gasteiger partial charge in [0.25, 0.3) is 5.91 Å². The van der Waals surface area contributed by atoms with E-state index in [1.54, 1.807) is 13.2 Å². The lowest BCUT2D eigenvalue weighted by Gasteiger charge is -2.35. The van der Waals surface area contributed by atoms with Crippen LogP contribution in [0.2, 0.25) is 10.0 Å². The number of hydrogen-bond acceptors (Lipinski definition) is 3. The van der Waals surface area contributed by atoms with Gasteiger partial charge in [0.05, 0.1) is 16.1 Å². The van der Waals surface area contributed by atoms with Gasteiger partial charge in [0.1, 0.15) is 5.60 Å². The molecule has 0 radical (unpaired) electrons. The molecule has 0 aromatic heterocycles. The van der Waals surface area contributed by atoms with Gasteiger partial charge in [-0.25, -0.2) is 0 Å². The van der Waals surface area contributed by atoms with Gasteiger partial charge in [0.2, 0.25) is 0 Å². The van der Waals surface area contributed by atoms with E-state index in [0.717, 1.165) is 18.7 Å². The lowest BCUT2D eigenvalue weighted by molar-refractivity contribution is -0.147. The Labute approximate surface area is 147 Å². The van der Waals surface area contributed by atoms with E-state index >= 15 is 0 Å². The molecular formula is C15H21Cl3N2O2. The predicted octanol–water partition coefficient (Wildman–Crippen LogP) is 3.36. The van der Waals surface area contributed by atoms with Crippen LogP contribution in [0.15, 0.2) is 18.2 Å². The fraction of sp³-hybridized carbons (Fsp3) is 0.533. The minimum Gasteiger partial charge on any atom is -0.368 e. The van der Waals surface area contributed by atoms with Gasteiger partial charge in [0.15, 0.2) is 0 Å². The van der Waals surface area contributed by atoms with Crippen molar-refractivity contribution in [3.63, 3.8) is 0 Å². The highest BCUT2D eigenvalue weighted by Crippen LogP contribution is 2.31. The molecule has 1 aromatic carbocycles. The Morgan fingerprint density at radius 3 is 2.59 bits per heavy atom. The van der Waals surface area contributed by atoms with Crippen molar-refractivity contribution in [2.45, 2.75) is 31.4 Å². The van der Waals surface area contributed by atoms with E-state index in [1.165, 1.54) is 0 Å². The van der Waals surface area contributed by atoms with Crippen LogP contribution in [0.5, 0.6) is 0 Å². The average Bonchev–Trinajstić information content (AvgIpc) is 2.50. The molecule has 0 saturated carbocycles. The SMILES string of the molecule is COC1(C(=O)NC(C)c2cccc(Cl)c2Cl)CCNCC1.Cl. The Hall–Kier alpha value is -0.520. The van der Waals surface area contributed by atoms with Crippen molar-refractivity contribution in [3.05, 3.63) is 33.8 Å². The van der Waals surface area contributed by atoms with Crippen molar-refractivity contribution in [2.24, 2.45) is 0 Å².